The summed E-state index contributed by atoms with van der Waals surface area (Å²) < 4.78 is 10.7. The molecule has 2 heteroatoms. The molecule has 2 nitrogen and oxygen atoms in total. The molecule has 0 unspecified atom stereocenters. The molecule has 0 aliphatic heterocycles. The van der Waals surface area contributed by atoms with Crippen LogP contribution in [0.15, 0.2) is 48.5 Å². The van der Waals surface area contributed by atoms with Gasteiger partial charge in [-0.15, -0.1) is 0 Å². The van der Waals surface area contributed by atoms with Crippen molar-refractivity contribution in [2.45, 2.75) is 6.61 Å². The Hall–Kier alpha value is -1.96. The van der Waals surface area contributed by atoms with E-state index < -0.39 is 0 Å². The summed E-state index contributed by atoms with van der Waals surface area (Å²) in [6, 6.07) is 18.6. The van der Waals surface area contributed by atoms with Gasteiger partial charge < -0.3 is 9.47 Å². The number of hydrogen-bond acceptors (Lipinski definition) is 2. The number of ether oxygens (including phenoxy) is 2. The number of hydrogen-bond donors (Lipinski definition) is 0. The summed E-state index contributed by atoms with van der Waals surface area (Å²) in [4.78, 5) is 0. The molecule has 0 N–H and O–H groups in total. The lowest BCUT2D eigenvalue weighted by Gasteiger charge is -2.06. The molecule has 1 radical (unpaired) electrons. The third-order valence-electron chi connectivity index (χ3n) is 2.20. The zero-order valence-corrected chi connectivity index (χ0v) is 9.14. The molecule has 2 rings (SSSR count). The van der Waals surface area contributed by atoms with Crippen molar-refractivity contribution in [3.63, 3.8) is 0 Å². The van der Waals surface area contributed by atoms with E-state index in [0.717, 1.165) is 5.56 Å². The van der Waals surface area contributed by atoms with Gasteiger partial charge in [-0.2, -0.15) is 0 Å². The van der Waals surface area contributed by atoms with E-state index in [-0.39, 0.29) is 0 Å². The molecule has 2 aromatic rings. The highest BCUT2D eigenvalue weighted by Gasteiger charge is 1.98. The van der Waals surface area contributed by atoms with Gasteiger partial charge in [-0.05, 0) is 17.7 Å². The minimum absolute atomic E-state index is 0.546. The van der Waals surface area contributed by atoms with E-state index in [1.165, 1.54) is 0 Å². The fraction of sp³-hybridized carbons (Fsp3) is 0.143. The summed E-state index contributed by atoms with van der Waals surface area (Å²) in [5.74, 6) is 1.38. The number of benzene rings is 2. The Morgan fingerprint density at radius 3 is 2.44 bits per heavy atom. The van der Waals surface area contributed by atoms with Crippen LogP contribution in [-0.4, -0.2) is 7.11 Å². The molecule has 0 atom stereocenters. The van der Waals surface area contributed by atoms with Crippen LogP contribution < -0.4 is 9.47 Å². The topological polar surface area (TPSA) is 18.5 Å². The summed E-state index contributed by atoms with van der Waals surface area (Å²) in [7, 11) is 1.62. The van der Waals surface area contributed by atoms with Crippen molar-refractivity contribution < 1.29 is 9.47 Å². The van der Waals surface area contributed by atoms with Crippen LogP contribution in [0.1, 0.15) is 5.56 Å². The Labute approximate surface area is 95.4 Å². The molecular formula is C14H13O2. The predicted molar refractivity (Wildman–Crippen MR) is 62.6 cm³/mol. The Bertz CT molecular complexity index is 437. The lowest BCUT2D eigenvalue weighted by Crippen LogP contribution is -1.95. The van der Waals surface area contributed by atoms with Crippen molar-refractivity contribution in [1.29, 1.82) is 0 Å². The van der Waals surface area contributed by atoms with Gasteiger partial charge in [0.25, 0.3) is 0 Å². The van der Waals surface area contributed by atoms with Crippen molar-refractivity contribution in [2.24, 2.45) is 0 Å². The maximum atomic E-state index is 5.60. The van der Waals surface area contributed by atoms with Crippen molar-refractivity contribution >= 4 is 0 Å². The lowest BCUT2D eigenvalue weighted by atomic mass is 10.2. The molecule has 0 saturated heterocycles. The molecule has 0 saturated carbocycles. The van der Waals surface area contributed by atoms with Gasteiger partial charge in [0.1, 0.15) is 18.1 Å². The maximum absolute atomic E-state index is 5.60. The second kappa shape index (κ2) is 5.21. The smallest absolute Gasteiger partial charge is 0.131 e. The van der Waals surface area contributed by atoms with Gasteiger partial charge in [0.05, 0.1) is 13.2 Å². The van der Waals surface area contributed by atoms with Gasteiger partial charge in [-0.1, -0.05) is 36.4 Å². The highest BCUT2D eigenvalue weighted by Crippen LogP contribution is 2.18. The third kappa shape index (κ3) is 2.76. The van der Waals surface area contributed by atoms with Gasteiger partial charge in [0.15, 0.2) is 0 Å². The highest BCUT2D eigenvalue weighted by atomic mass is 16.5. The summed E-state index contributed by atoms with van der Waals surface area (Å²) >= 11 is 0. The largest absolute Gasteiger partial charge is 0.496 e. The van der Waals surface area contributed by atoms with E-state index in [1.54, 1.807) is 7.11 Å². The normalized spacial score (nSPS) is 9.81. The van der Waals surface area contributed by atoms with Crippen molar-refractivity contribution in [1.82, 2.24) is 0 Å². The van der Waals surface area contributed by atoms with Crippen LogP contribution >= 0.6 is 0 Å². The molecule has 0 heterocycles. The predicted octanol–water partition coefficient (Wildman–Crippen LogP) is 3.07. The van der Waals surface area contributed by atoms with Gasteiger partial charge in [-0.3, -0.25) is 0 Å². The summed E-state index contributed by atoms with van der Waals surface area (Å²) in [6.07, 6.45) is 0. The molecule has 81 valence electrons. The van der Waals surface area contributed by atoms with Crippen LogP contribution in [0, 0.1) is 6.07 Å². The minimum atomic E-state index is 0.546. The average molecular weight is 213 g/mol. The molecule has 0 aliphatic rings. The maximum Gasteiger partial charge on any atom is 0.131 e. The monoisotopic (exact) mass is 213 g/mol. The first-order chi connectivity index (χ1) is 7.88. The Morgan fingerprint density at radius 2 is 1.69 bits per heavy atom. The second-order valence-corrected chi connectivity index (χ2v) is 3.36. The average Bonchev–Trinajstić information content (AvgIpc) is 2.38. The first-order valence-electron chi connectivity index (χ1n) is 5.11. The Kier molecular flexibility index (Phi) is 3.44. The van der Waals surface area contributed by atoms with Gasteiger partial charge >= 0.3 is 0 Å². The number of methoxy groups -OCH3 is 1. The quantitative estimate of drug-likeness (QED) is 0.777. The Morgan fingerprint density at radius 1 is 0.938 bits per heavy atom. The van der Waals surface area contributed by atoms with E-state index in [0.29, 0.717) is 18.1 Å². The first kappa shape index (κ1) is 10.6. The van der Waals surface area contributed by atoms with Crippen LogP contribution in [0.4, 0.5) is 0 Å². The van der Waals surface area contributed by atoms with Gasteiger partial charge in [0, 0.05) is 0 Å². The zero-order valence-electron chi connectivity index (χ0n) is 9.14. The molecule has 0 bridgehead atoms. The molecule has 0 fully saturated rings. The van der Waals surface area contributed by atoms with Crippen LogP contribution in [0.3, 0.4) is 0 Å². The van der Waals surface area contributed by atoms with Crippen molar-refractivity contribution in [3.8, 4) is 11.5 Å². The van der Waals surface area contributed by atoms with Gasteiger partial charge in [-0.25, -0.2) is 0 Å². The van der Waals surface area contributed by atoms with E-state index in [2.05, 4.69) is 6.07 Å². The molecule has 0 amide bonds. The molecule has 16 heavy (non-hydrogen) atoms. The molecular weight excluding hydrogens is 200 g/mol. The van der Waals surface area contributed by atoms with E-state index in [9.17, 15) is 0 Å². The van der Waals surface area contributed by atoms with Crippen molar-refractivity contribution in [2.75, 3.05) is 7.11 Å². The fourth-order valence-electron chi connectivity index (χ4n) is 1.37. The fourth-order valence-corrected chi connectivity index (χ4v) is 1.37. The summed E-state index contributed by atoms with van der Waals surface area (Å²) in [5, 5.41) is 0. The van der Waals surface area contributed by atoms with E-state index >= 15 is 0 Å². The second-order valence-electron chi connectivity index (χ2n) is 3.36. The minimum Gasteiger partial charge on any atom is -0.496 e. The molecule has 0 aliphatic carbocycles. The summed E-state index contributed by atoms with van der Waals surface area (Å²) in [5.41, 5.74) is 1.14. The van der Waals surface area contributed by atoms with Crippen LogP contribution in [0.2, 0.25) is 0 Å². The molecule has 0 aromatic heterocycles. The van der Waals surface area contributed by atoms with Crippen LogP contribution in [-0.2, 0) is 6.61 Å². The SMILES string of the molecule is COc1[c]c(OCc2ccccc2)ccc1. The van der Waals surface area contributed by atoms with Crippen LogP contribution in [0.25, 0.3) is 0 Å². The first-order valence-corrected chi connectivity index (χ1v) is 5.11. The molecule has 2 aromatic carbocycles. The third-order valence-corrected chi connectivity index (χ3v) is 2.20. The van der Waals surface area contributed by atoms with Crippen molar-refractivity contribution in [3.05, 3.63) is 60.2 Å². The summed E-state index contributed by atoms with van der Waals surface area (Å²) in [6.45, 7) is 0.546. The van der Waals surface area contributed by atoms with Gasteiger partial charge in [0.2, 0.25) is 0 Å². The van der Waals surface area contributed by atoms with E-state index in [1.807, 2.05) is 48.5 Å². The van der Waals surface area contributed by atoms with E-state index in [4.69, 9.17) is 9.47 Å². The lowest BCUT2D eigenvalue weighted by molar-refractivity contribution is 0.303. The number of rotatable bonds is 4. The highest BCUT2D eigenvalue weighted by molar-refractivity contribution is 5.31. The standard InChI is InChI=1S/C14H13O2/c1-15-13-8-5-9-14(10-13)16-11-12-6-3-2-4-7-12/h2-9H,11H2,1H3. The molecule has 0 spiro atoms. The zero-order chi connectivity index (χ0) is 11.2. The Balaban J connectivity index is 1.99. The van der Waals surface area contributed by atoms with Crippen LogP contribution in [0.5, 0.6) is 11.5 Å².